The van der Waals surface area contributed by atoms with Crippen molar-refractivity contribution in [2.24, 2.45) is 0 Å². The Morgan fingerprint density at radius 1 is 0.554 bits per heavy atom. The van der Waals surface area contributed by atoms with Crippen molar-refractivity contribution in [2.45, 2.75) is 173 Å². The van der Waals surface area contributed by atoms with Gasteiger partial charge in [0.1, 0.15) is 19.3 Å². The Balaban J connectivity index is 3.47. The first-order valence-electron chi connectivity index (χ1n) is 22.1. The van der Waals surface area contributed by atoms with Gasteiger partial charge in [-0.25, -0.2) is 0 Å². The summed E-state index contributed by atoms with van der Waals surface area (Å²) in [6, 6.07) is 0. The number of likely N-dealkylation sites (N-methyl/N-ethyl adjacent to an activating group) is 1. The minimum absolute atomic E-state index is 0.169. The lowest BCUT2D eigenvalue weighted by molar-refractivity contribution is -0.870. The molecule has 0 saturated heterocycles. The number of ether oxygens (including phenoxy) is 3. The molecule has 2 unspecified atom stereocenters. The molecule has 0 saturated carbocycles. The quantitative estimate of drug-likeness (QED) is 0.0217. The predicted octanol–water partition coefficient (Wildman–Crippen LogP) is 10.4. The van der Waals surface area contributed by atoms with E-state index in [1.807, 2.05) is 21.1 Å². The van der Waals surface area contributed by atoms with Crippen LogP contribution in [0, 0.1) is 0 Å². The molecule has 0 aromatic rings. The molecule has 0 aliphatic rings. The van der Waals surface area contributed by atoms with Crippen molar-refractivity contribution in [3.05, 3.63) is 72.9 Å². The number of esters is 1. The molecule has 322 valence electrons. The van der Waals surface area contributed by atoms with E-state index in [1.165, 1.54) is 89.9 Å². The molecular formula is C48H83NO7. The Bertz CT molecular complexity index is 1090. The molecule has 8 nitrogen and oxygen atoms in total. The molecule has 0 aromatic carbocycles. The third-order valence-corrected chi connectivity index (χ3v) is 9.20. The van der Waals surface area contributed by atoms with Gasteiger partial charge in [-0.15, -0.1) is 0 Å². The summed E-state index contributed by atoms with van der Waals surface area (Å²) in [5.41, 5.74) is 0. The zero-order valence-corrected chi connectivity index (χ0v) is 36.2. The van der Waals surface area contributed by atoms with Crippen molar-refractivity contribution in [3.8, 4) is 0 Å². The van der Waals surface area contributed by atoms with Crippen molar-refractivity contribution in [3.63, 3.8) is 0 Å². The molecule has 0 aliphatic heterocycles. The summed E-state index contributed by atoms with van der Waals surface area (Å²) in [6.07, 6.45) is 52.2. The summed E-state index contributed by atoms with van der Waals surface area (Å²) >= 11 is 0. The number of unbranched alkanes of at least 4 members (excludes halogenated alkanes) is 16. The summed E-state index contributed by atoms with van der Waals surface area (Å²) in [4.78, 5) is 23.2. The van der Waals surface area contributed by atoms with Crippen molar-refractivity contribution in [1.82, 2.24) is 0 Å². The van der Waals surface area contributed by atoms with E-state index in [-0.39, 0.29) is 25.8 Å². The van der Waals surface area contributed by atoms with Gasteiger partial charge in [-0.1, -0.05) is 170 Å². The number of hydrogen-bond acceptors (Lipinski definition) is 7. The number of aliphatic carboxylic acids is 1. The first kappa shape index (κ1) is 53.2. The monoisotopic (exact) mass is 786 g/mol. The Labute approximate surface area is 343 Å². The van der Waals surface area contributed by atoms with Crippen molar-refractivity contribution >= 4 is 11.9 Å². The average molecular weight is 786 g/mol. The van der Waals surface area contributed by atoms with E-state index in [2.05, 4.69) is 79.8 Å². The van der Waals surface area contributed by atoms with Gasteiger partial charge in [0.05, 0.1) is 40.3 Å². The molecule has 0 amide bonds. The van der Waals surface area contributed by atoms with E-state index < -0.39 is 18.4 Å². The maximum Gasteiger partial charge on any atom is 0.305 e. The van der Waals surface area contributed by atoms with Crippen molar-refractivity contribution in [2.75, 3.05) is 47.5 Å². The second kappa shape index (κ2) is 40.4. The Kier molecular flexibility index (Phi) is 38.4. The van der Waals surface area contributed by atoms with Crippen LogP contribution in [0.15, 0.2) is 72.9 Å². The second-order valence-electron chi connectivity index (χ2n) is 15.8. The number of quaternary nitrogens is 1. The molecule has 0 aromatic heterocycles. The summed E-state index contributed by atoms with van der Waals surface area (Å²) in [7, 11) is 5.87. The number of carboxylic acids is 1. The van der Waals surface area contributed by atoms with Crippen LogP contribution >= 0.6 is 0 Å². The number of hydrogen-bond donors (Lipinski definition) is 1. The number of carbonyl (C=O) groups is 2. The molecular weight excluding hydrogens is 703 g/mol. The van der Waals surface area contributed by atoms with Crippen LogP contribution in [0.25, 0.3) is 0 Å². The van der Waals surface area contributed by atoms with E-state index >= 15 is 0 Å². The second-order valence-corrected chi connectivity index (χ2v) is 15.8. The fourth-order valence-corrected chi connectivity index (χ4v) is 5.77. The number of aliphatic hydroxyl groups is 1. The largest absolute Gasteiger partial charge is 0.545 e. The van der Waals surface area contributed by atoms with Gasteiger partial charge in [0.15, 0.2) is 6.29 Å². The third kappa shape index (κ3) is 42.4. The minimum Gasteiger partial charge on any atom is -0.545 e. The van der Waals surface area contributed by atoms with Crippen LogP contribution in [0.1, 0.15) is 161 Å². The van der Waals surface area contributed by atoms with Crippen LogP contribution in [0.3, 0.4) is 0 Å². The summed E-state index contributed by atoms with van der Waals surface area (Å²) in [5, 5.41) is 21.2. The SMILES string of the molecule is CC/C=C\C/C=C\C/C=C\C/C=C\C/C=C\C/C=C\CCCCCCCCCCCCCCCCCCC(=O)OCC(O)COC(OCC[N+](C)(C)C)C(=O)[O-]. The average Bonchev–Trinajstić information content (AvgIpc) is 3.16. The lowest BCUT2D eigenvalue weighted by Gasteiger charge is -2.26. The molecule has 0 fully saturated rings. The topological polar surface area (TPSA) is 105 Å². The van der Waals surface area contributed by atoms with Gasteiger partial charge in [-0.3, -0.25) is 4.79 Å². The molecule has 56 heavy (non-hydrogen) atoms. The lowest BCUT2D eigenvalue weighted by atomic mass is 10.0. The van der Waals surface area contributed by atoms with Crippen molar-refractivity contribution < 1.29 is 38.5 Å². The van der Waals surface area contributed by atoms with Gasteiger partial charge in [0.25, 0.3) is 0 Å². The molecule has 0 radical (unpaired) electrons. The minimum atomic E-state index is -1.58. The maximum atomic E-state index is 12.0. The summed E-state index contributed by atoms with van der Waals surface area (Å²) in [5.74, 6) is -1.87. The van der Waals surface area contributed by atoms with Gasteiger partial charge in [-0.2, -0.15) is 0 Å². The van der Waals surface area contributed by atoms with Crippen LogP contribution in [-0.4, -0.2) is 81.4 Å². The molecule has 0 rings (SSSR count). The standard InChI is InChI=1S/C48H83NO7/c1-5-6-7-8-9-10-11-12-13-14-15-16-17-18-19-20-21-22-23-24-25-26-27-28-29-30-31-32-33-34-35-36-37-38-39-40-46(51)55-43-45(50)44-56-48(47(52)53)54-42-41-49(2,3)4/h6-7,9-10,12-13,15-16,18-19,21-22,45,48,50H,5,8,11,14,17,20,23-44H2,1-4H3/b7-6-,10-9-,13-12-,16-15-,19-18-,22-21-. The fraction of sp³-hybridized carbons (Fsp3) is 0.708. The Morgan fingerprint density at radius 2 is 0.946 bits per heavy atom. The molecule has 0 bridgehead atoms. The van der Waals surface area contributed by atoms with Gasteiger partial charge in [0, 0.05) is 6.42 Å². The van der Waals surface area contributed by atoms with Gasteiger partial charge in [-0.05, 0) is 57.8 Å². The Hall–Kier alpha value is -2.78. The smallest absolute Gasteiger partial charge is 0.305 e. The Morgan fingerprint density at radius 3 is 1.36 bits per heavy atom. The van der Waals surface area contributed by atoms with E-state index in [0.717, 1.165) is 57.8 Å². The van der Waals surface area contributed by atoms with Crippen LogP contribution in [-0.2, 0) is 23.8 Å². The highest BCUT2D eigenvalue weighted by atomic mass is 16.7. The first-order valence-corrected chi connectivity index (χ1v) is 22.1. The summed E-state index contributed by atoms with van der Waals surface area (Å²) < 4.78 is 16.0. The molecule has 1 N–H and O–H groups in total. The van der Waals surface area contributed by atoms with Crippen LogP contribution < -0.4 is 5.11 Å². The number of rotatable bonds is 40. The summed E-state index contributed by atoms with van der Waals surface area (Å²) in [6.45, 7) is 2.34. The van der Waals surface area contributed by atoms with E-state index in [4.69, 9.17) is 14.2 Å². The maximum absolute atomic E-state index is 12.0. The number of carboxylic acid groups (broad SMARTS) is 1. The normalized spacial score (nSPS) is 13.8. The highest BCUT2D eigenvalue weighted by Gasteiger charge is 2.17. The van der Waals surface area contributed by atoms with E-state index in [9.17, 15) is 19.8 Å². The zero-order chi connectivity index (χ0) is 41.2. The van der Waals surface area contributed by atoms with Crippen LogP contribution in [0.2, 0.25) is 0 Å². The number of nitrogens with zero attached hydrogens (tertiary/aromatic N) is 1. The molecule has 0 heterocycles. The van der Waals surface area contributed by atoms with Crippen molar-refractivity contribution in [1.29, 1.82) is 0 Å². The van der Waals surface area contributed by atoms with E-state index in [0.29, 0.717) is 17.4 Å². The van der Waals surface area contributed by atoms with Gasteiger partial charge in [0.2, 0.25) is 0 Å². The first-order chi connectivity index (χ1) is 27.2. The predicted molar refractivity (Wildman–Crippen MR) is 232 cm³/mol. The molecule has 8 heteroatoms. The third-order valence-electron chi connectivity index (χ3n) is 9.20. The van der Waals surface area contributed by atoms with Gasteiger partial charge >= 0.3 is 5.97 Å². The molecule has 2 atom stereocenters. The highest BCUT2D eigenvalue weighted by Crippen LogP contribution is 2.15. The van der Waals surface area contributed by atoms with Crippen LogP contribution in [0.4, 0.5) is 0 Å². The highest BCUT2D eigenvalue weighted by molar-refractivity contribution is 5.69. The van der Waals surface area contributed by atoms with E-state index in [1.54, 1.807) is 0 Å². The number of aliphatic hydroxyl groups excluding tert-OH is 1. The van der Waals surface area contributed by atoms with Crippen LogP contribution in [0.5, 0.6) is 0 Å². The fourth-order valence-electron chi connectivity index (χ4n) is 5.77. The van der Waals surface area contributed by atoms with Gasteiger partial charge < -0.3 is 33.7 Å². The molecule has 0 aliphatic carbocycles. The molecule has 0 spiro atoms. The number of carbonyl (C=O) groups excluding carboxylic acids is 2. The number of allylic oxidation sites excluding steroid dienone is 12. The lowest BCUT2D eigenvalue weighted by Crippen LogP contribution is -2.44. The zero-order valence-electron chi connectivity index (χ0n) is 36.2.